The number of aryl methyl sites for hydroxylation is 1. The number of ketones is 1. The van der Waals surface area contributed by atoms with Crippen molar-refractivity contribution in [3.8, 4) is 0 Å². The third-order valence-electron chi connectivity index (χ3n) is 4.96. The summed E-state index contributed by atoms with van der Waals surface area (Å²) in [5, 5.41) is 0. The number of rotatable bonds is 2. The fraction of sp³-hybridized carbons (Fsp3) is 0.381. The number of hydrogen-bond donors (Lipinski definition) is 0. The van der Waals surface area contributed by atoms with Crippen molar-refractivity contribution in [1.82, 2.24) is 0 Å². The van der Waals surface area contributed by atoms with Crippen molar-refractivity contribution in [2.45, 2.75) is 44.7 Å². The molecule has 0 saturated carbocycles. The Morgan fingerprint density at radius 3 is 2.36 bits per heavy atom. The molecule has 2 aromatic rings. The Kier molecular flexibility index (Phi) is 4.98. The Labute approximate surface area is 145 Å². The summed E-state index contributed by atoms with van der Waals surface area (Å²) in [6.07, 6.45) is -3.25. The molecule has 4 heteroatoms. The smallest absolute Gasteiger partial charge is 0.294 e. The monoisotopic (exact) mass is 346 g/mol. The van der Waals surface area contributed by atoms with Crippen LogP contribution in [0.25, 0.3) is 0 Å². The minimum Gasteiger partial charge on any atom is -0.294 e. The van der Waals surface area contributed by atoms with Crippen LogP contribution in [0.15, 0.2) is 48.5 Å². The van der Waals surface area contributed by atoms with Gasteiger partial charge in [0, 0.05) is 24.3 Å². The predicted molar refractivity (Wildman–Crippen MR) is 91.8 cm³/mol. The summed E-state index contributed by atoms with van der Waals surface area (Å²) in [6.45, 7) is 1.63. The fourth-order valence-corrected chi connectivity index (χ4v) is 3.92. The number of carbonyl (C=O) groups excluding carboxylic acids is 1. The van der Waals surface area contributed by atoms with E-state index < -0.39 is 24.4 Å². The maximum Gasteiger partial charge on any atom is 0.389 e. The Balaban J connectivity index is 2.18. The summed E-state index contributed by atoms with van der Waals surface area (Å²) >= 11 is 0. The van der Waals surface area contributed by atoms with Gasteiger partial charge in [0.1, 0.15) is 0 Å². The first kappa shape index (κ1) is 17.7. The number of alkyl halides is 3. The van der Waals surface area contributed by atoms with E-state index in [9.17, 15) is 18.0 Å². The number of carbonyl (C=O) groups is 1. The SMILES string of the molecule is CC(CC(F)(F)F)C1c2ccccc2CCCC(=O)c2ccccc21. The molecule has 1 nitrogen and oxygen atoms in total. The first-order valence-electron chi connectivity index (χ1n) is 8.63. The number of halogens is 3. The Morgan fingerprint density at radius 2 is 1.64 bits per heavy atom. The van der Waals surface area contributed by atoms with Gasteiger partial charge in [0.25, 0.3) is 0 Å². The molecule has 0 fully saturated rings. The van der Waals surface area contributed by atoms with Crippen LogP contribution < -0.4 is 0 Å². The Morgan fingerprint density at radius 1 is 1.00 bits per heavy atom. The summed E-state index contributed by atoms with van der Waals surface area (Å²) in [5.41, 5.74) is 3.25. The van der Waals surface area contributed by atoms with Gasteiger partial charge in [-0.2, -0.15) is 13.2 Å². The van der Waals surface area contributed by atoms with Crippen LogP contribution in [0.1, 0.15) is 59.2 Å². The molecule has 0 saturated heterocycles. The highest BCUT2D eigenvalue weighted by Gasteiger charge is 2.36. The van der Waals surface area contributed by atoms with Gasteiger partial charge in [0.05, 0.1) is 0 Å². The molecule has 2 atom stereocenters. The van der Waals surface area contributed by atoms with Crippen LogP contribution in [0.4, 0.5) is 13.2 Å². The van der Waals surface area contributed by atoms with E-state index in [1.165, 1.54) is 0 Å². The van der Waals surface area contributed by atoms with Gasteiger partial charge >= 0.3 is 6.18 Å². The Bertz CT molecular complexity index is 764. The normalized spacial score (nSPS) is 19.2. The minimum absolute atomic E-state index is 0.0209. The lowest BCUT2D eigenvalue weighted by molar-refractivity contribution is -0.144. The van der Waals surface area contributed by atoms with E-state index >= 15 is 0 Å². The molecule has 132 valence electrons. The lowest BCUT2D eigenvalue weighted by Gasteiger charge is -2.28. The van der Waals surface area contributed by atoms with Gasteiger partial charge in [0.2, 0.25) is 0 Å². The Hall–Kier alpha value is -2.10. The molecule has 25 heavy (non-hydrogen) atoms. The van der Waals surface area contributed by atoms with Crippen LogP contribution in [-0.4, -0.2) is 12.0 Å². The maximum absolute atomic E-state index is 13.1. The molecule has 3 rings (SSSR count). The molecule has 1 aliphatic rings. The van der Waals surface area contributed by atoms with Gasteiger partial charge < -0.3 is 0 Å². The molecule has 0 bridgehead atoms. The average molecular weight is 346 g/mol. The number of fused-ring (bicyclic) bond motifs is 2. The van der Waals surface area contributed by atoms with Gasteiger partial charge in [-0.3, -0.25) is 4.79 Å². The largest absolute Gasteiger partial charge is 0.389 e. The third-order valence-corrected chi connectivity index (χ3v) is 4.96. The molecule has 2 unspecified atom stereocenters. The van der Waals surface area contributed by atoms with Gasteiger partial charge in [-0.25, -0.2) is 0 Å². The lowest BCUT2D eigenvalue weighted by atomic mass is 9.76. The van der Waals surface area contributed by atoms with E-state index in [0.717, 1.165) is 16.7 Å². The molecule has 0 aromatic heterocycles. The number of hydrogen-bond acceptors (Lipinski definition) is 1. The van der Waals surface area contributed by atoms with Crippen LogP contribution in [0.2, 0.25) is 0 Å². The molecule has 2 aromatic carbocycles. The first-order valence-corrected chi connectivity index (χ1v) is 8.63. The van der Waals surface area contributed by atoms with Crippen molar-refractivity contribution in [3.63, 3.8) is 0 Å². The summed E-state index contributed by atoms with van der Waals surface area (Å²) in [6, 6.07) is 14.8. The summed E-state index contributed by atoms with van der Waals surface area (Å²) in [7, 11) is 0. The third kappa shape index (κ3) is 3.94. The molecule has 0 amide bonds. The molecule has 0 radical (unpaired) electrons. The van der Waals surface area contributed by atoms with Crippen molar-refractivity contribution in [3.05, 3.63) is 70.8 Å². The van der Waals surface area contributed by atoms with E-state index in [2.05, 4.69) is 0 Å². The zero-order chi connectivity index (χ0) is 18.0. The van der Waals surface area contributed by atoms with E-state index in [-0.39, 0.29) is 5.78 Å². The van der Waals surface area contributed by atoms with Crippen molar-refractivity contribution in [2.24, 2.45) is 5.92 Å². The van der Waals surface area contributed by atoms with Crippen molar-refractivity contribution in [1.29, 1.82) is 0 Å². The van der Waals surface area contributed by atoms with Crippen LogP contribution in [-0.2, 0) is 6.42 Å². The molecule has 0 spiro atoms. The van der Waals surface area contributed by atoms with Crippen molar-refractivity contribution < 1.29 is 18.0 Å². The molecule has 0 heterocycles. The van der Waals surface area contributed by atoms with Crippen LogP contribution in [0, 0.1) is 5.92 Å². The van der Waals surface area contributed by atoms with Gasteiger partial charge in [-0.1, -0.05) is 55.5 Å². The van der Waals surface area contributed by atoms with Crippen LogP contribution >= 0.6 is 0 Å². The highest BCUT2D eigenvalue weighted by atomic mass is 19.4. The standard InChI is InChI=1S/C21H21F3O/c1-14(13-21(22,23)24)20-16-9-3-2-7-15(16)8-6-12-19(25)17-10-4-5-11-18(17)20/h2-5,7,9-11,14,20H,6,8,12-13H2,1H3. The minimum atomic E-state index is -4.23. The maximum atomic E-state index is 13.1. The van der Waals surface area contributed by atoms with Crippen LogP contribution in [0.5, 0.6) is 0 Å². The zero-order valence-corrected chi connectivity index (χ0v) is 14.1. The molecular weight excluding hydrogens is 325 g/mol. The zero-order valence-electron chi connectivity index (χ0n) is 14.1. The average Bonchev–Trinajstić information content (AvgIpc) is 2.60. The molecular formula is C21H21F3O. The number of benzene rings is 2. The second-order valence-electron chi connectivity index (χ2n) is 6.84. The van der Waals surface area contributed by atoms with E-state index in [4.69, 9.17) is 0 Å². The van der Waals surface area contributed by atoms with Crippen molar-refractivity contribution >= 4 is 5.78 Å². The fourth-order valence-electron chi connectivity index (χ4n) is 3.92. The summed E-state index contributed by atoms with van der Waals surface area (Å²) in [5.74, 6) is -1.06. The van der Waals surface area contributed by atoms with E-state index in [0.29, 0.717) is 24.8 Å². The highest BCUT2D eigenvalue weighted by molar-refractivity contribution is 5.97. The highest BCUT2D eigenvalue weighted by Crippen LogP contribution is 2.42. The van der Waals surface area contributed by atoms with Gasteiger partial charge in [-0.15, -0.1) is 0 Å². The van der Waals surface area contributed by atoms with Gasteiger partial charge in [-0.05, 0) is 35.4 Å². The predicted octanol–water partition coefficient (Wildman–Crippen LogP) is 5.93. The summed E-state index contributed by atoms with van der Waals surface area (Å²) in [4.78, 5) is 12.6. The van der Waals surface area contributed by atoms with Crippen LogP contribution in [0.3, 0.4) is 0 Å². The molecule has 0 N–H and O–H groups in total. The number of Topliss-reactive ketones (excluding diaryl/α,β-unsaturated/α-hetero) is 1. The molecule has 1 aliphatic carbocycles. The quantitative estimate of drug-likeness (QED) is 0.659. The second-order valence-corrected chi connectivity index (χ2v) is 6.84. The topological polar surface area (TPSA) is 17.1 Å². The lowest BCUT2D eigenvalue weighted by Crippen LogP contribution is -2.22. The van der Waals surface area contributed by atoms with E-state index in [1.807, 2.05) is 30.3 Å². The van der Waals surface area contributed by atoms with E-state index in [1.54, 1.807) is 25.1 Å². The van der Waals surface area contributed by atoms with Gasteiger partial charge in [0.15, 0.2) is 5.78 Å². The summed E-state index contributed by atoms with van der Waals surface area (Å²) < 4.78 is 39.3. The first-order chi connectivity index (χ1) is 11.9. The van der Waals surface area contributed by atoms with Crippen molar-refractivity contribution in [2.75, 3.05) is 0 Å². The molecule has 0 aliphatic heterocycles. The second kappa shape index (κ2) is 7.03.